The number of piperidine rings is 1. The largest absolute Gasteiger partial charge is 0.507 e. The highest BCUT2D eigenvalue weighted by Crippen LogP contribution is 2.55. The number of phenolic OH excluding ortho intramolecular Hbond substituents is 3. The lowest BCUT2D eigenvalue weighted by Gasteiger charge is -2.38. The number of methoxy groups -OCH3 is 1. The van der Waals surface area contributed by atoms with E-state index in [-0.39, 0.29) is 44.5 Å². The van der Waals surface area contributed by atoms with Gasteiger partial charge in [0.1, 0.15) is 23.4 Å². The van der Waals surface area contributed by atoms with E-state index in [1.165, 1.54) is 59.4 Å². The molecule has 316 valence electrons. The smallest absolute Gasteiger partial charge is 0.312 e. The number of hydrogen-bond donors (Lipinski definition) is 6. The molecule has 6 N–H and O–H groups in total. The predicted molar refractivity (Wildman–Crippen MR) is 217 cm³/mol. The van der Waals surface area contributed by atoms with Crippen LogP contribution in [0.15, 0.2) is 41.2 Å². The lowest BCUT2D eigenvalue weighted by Crippen LogP contribution is -2.46. The third-order valence-corrected chi connectivity index (χ3v) is 11.7. The summed E-state index contributed by atoms with van der Waals surface area (Å²) >= 11 is 0. The summed E-state index contributed by atoms with van der Waals surface area (Å²) in [6, 6.07) is 0. The molecule has 9 atom stereocenters. The van der Waals surface area contributed by atoms with Gasteiger partial charge in [0.15, 0.2) is 5.75 Å². The van der Waals surface area contributed by atoms with Crippen LogP contribution in [0.3, 0.4) is 0 Å². The number of benzene rings is 2. The molecule has 9 unspecified atom stereocenters. The minimum absolute atomic E-state index is 0.0614. The summed E-state index contributed by atoms with van der Waals surface area (Å²) in [5, 5.41) is 66.8. The maximum Gasteiger partial charge on any atom is 0.312 e. The van der Waals surface area contributed by atoms with E-state index < -0.39 is 88.8 Å². The number of allylic oxidation sites excluding steroid dienone is 2. The van der Waals surface area contributed by atoms with E-state index in [0.29, 0.717) is 13.1 Å². The van der Waals surface area contributed by atoms with Crippen molar-refractivity contribution in [2.75, 3.05) is 25.5 Å². The molecule has 15 nitrogen and oxygen atoms in total. The van der Waals surface area contributed by atoms with Crippen LogP contribution in [0.1, 0.15) is 89.2 Å². The molecule has 1 amide bonds. The Morgan fingerprint density at radius 3 is 2.26 bits per heavy atom. The lowest BCUT2D eigenvalue weighted by atomic mass is 9.78. The van der Waals surface area contributed by atoms with Crippen molar-refractivity contribution in [2.45, 2.75) is 105 Å². The molecule has 4 heterocycles. The second kappa shape index (κ2) is 17.8. The third kappa shape index (κ3) is 8.52. The van der Waals surface area contributed by atoms with Crippen molar-refractivity contribution < 1.29 is 58.9 Å². The van der Waals surface area contributed by atoms with Crippen LogP contribution in [-0.2, 0) is 23.8 Å². The zero-order valence-electron chi connectivity index (χ0n) is 34.6. The van der Waals surface area contributed by atoms with Gasteiger partial charge in [0.25, 0.3) is 11.7 Å². The van der Waals surface area contributed by atoms with Gasteiger partial charge in [0, 0.05) is 74.2 Å². The van der Waals surface area contributed by atoms with Gasteiger partial charge in [0.05, 0.1) is 53.0 Å². The molecule has 4 aliphatic heterocycles. The Labute approximate surface area is 338 Å². The van der Waals surface area contributed by atoms with E-state index in [4.69, 9.17) is 18.9 Å². The number of nitrogens with zero attached hydrogens (tertiary/aromatic N) is 2. The van der Waals surface area contributed by atoms with Crippen molar-refractivity contribution in [3.05, 3.63) is 52.8 Å². The number of esters is 1. The van der Waals surface area contributed by atoms with Crippen LogP contribution in [0.25, 0.3) is 10.8 Å². The van der Waals surface area contributed by atoms with Gasteiger partial charge in [-0.1, -0.05) is 45.9 Å². The summed E-state index contributed by atoms with van der Waals surface area (Å²) in [5.74, 6) is -8.27. The highest BCUT2D eigenvalue weighted by atomic mass is 16.7. The monoisotopic (exact) mass is 807 g/mol. The van der Waals surface area contributed by atoms with Crippen molar-refractivity contribution in [3.8, 4) is 23.0 Å². The number of carbonyl (C=O) groups is 3. The molecule has 6 rings (SSSR count). The van der Waals surface area contributed by atoms with Crippen molar-refractivity contribution >= 4 is 40.3 Å². The van der Waals surface area contributed by atoms with Gasteiger partial charge >= 0.3 is 11.8 Å². The molecule has 1 fully saturated rings. The number of ether oxygens (including phenoxy) is 4. The van der Waals surface area contributed by atoms with Crippen LogP contribution in [0.2, 0.25) is 0 Å². The van der Waals surface area contributed by atoms with Gasteiger partial charge in [-0.05, 0) is 39.2 Å². The molecule has 58 heavy (non-hydrogen) atoms. The number of aliphatic hydroxyl groups is 2. The van der Waals surface area contributed by atoms with Gasteiger partial charge < -0.3 is 49.8 Å². The molecular weight excluding hydrogens is 750 g/mol. The number of aliphatic hydroxyl groups excluding tert-OH is 2. The number of anilines is 1. The second-order valence-electron chi connectivity index (χ2n) is 15.9. The molecule has 0 aromatic heterocycles. The first-order chi connectivity index (χ1) is 27.3. The molecule has 2 aromatic carbocycles. The standard InChI is InChI=1S/C43H57N3O12/c1-21-14-13-15-22(2)42(54)45-33-28(20-44-46-17-11-10-12-18-46)37(51)30-31(38(33)52)36(50)26(6)40-32(30)41(53)43(8,58-40)56-19-16-29(55-9)23(3)39(57-27(7)47)25(5)35(49)24(4)34(21)48/h13-16,19-21,23-25,29,34-35,39,48-52H,10-12,17-18H2,1-9H3,(H,45,54)/b14-13+,19-16+,22-15?,44-20+. The summed E-state index contributed by atoms with van der Waals surface area (Å²) in [6.07, 6.45) is 7.74. The van der Waals surface area contributed by atoms with E-state index >= 15 is 0 Å². The average Bonchev–Trinajstić information content (AvgIpc) is 3.46. The number of nitrogens with one attached hydrogen (secondary N) is 1. The molecule has 5 bridgehead atoms. The number of hydrogen-bond acceptors (Lipinski definition) is 14. The minimum atomic E-state index is -2.03. The average molecular weight is 808 g/mol. The fourth-order valence-electron chi connectivity index (χ4n) is 8.00. The Morgan fingerprint density at radius 2 is 1.62 bits per heavy atom. The van der Waals surface area contributed by atoms with Gasteiger partial charge in [-0.25, -0.2) is 0 Å². The van der Waals surface area contributed by atoms with Crippen molar-refractivity contribution in [3.63, 3.8) is 0 Å². The molecular formula is C43H57N3O12. The van der Waals surface area contributed by atoms with E-state index in [2.05, 4.69) is 10.4 Å². The highest BCUT2D eigenvalue weighted by Gasteiger charge is 2.50. The Balaban J connectivity index is 1.71. The molecule has 15 heteroatoms. The molecule has 0 aliphatic carbocycles. The zero-order chi connectivity index (χ0) is 42.8. The van der Waals surface area contributed by atoms with Crippen molar-refractivity contribution in [2.24, 2.45) is 28.8 Å². The quantitative estimate of drug-likeness (QED) is 0.0965. The van der Waals surface area contributed by atoms with Gasteiger partial charge in [-0.15, -0.1) is 0 Å². The Morgan fingerprint density at radius 1 is 0.948 bits per heavy atom. The first-order valence-corrected chi connectivity index (χ1v) is 19.7. The van der Waals surface area contributed by atoms with Crippen LogP contribution < -0.4 is 10.1 Å². The third-order valence-electron chi connectivity index (χ3n) is 11.7. The number of ketones is 1. The lowest BCUT2D eigenvalue weighted by molar-refractivity contribution is -0.160. The molecule has 0 spiro atoms. The van der Waals surface area contributed by atoms with Gasteiger partial charge in [-0.3, -0.25) is 19.4 Å². The Bertz CT molecular complexity index is 2040. The fourth-order valence-corrected chi connectivity index (χ4v) is 8.00. The maximum atomic E-state index is 14.4. The maximum absolute atomic E-state index is 14.4. The first kappa shape index (κ1) is 44.0. The summed E-state index contributed by atoms with van der Waals surface area (Å²) in [6.45, 7) is 13.8. The Kier molecular flexibility index (Phi) is 13.5. The summed E-state index contributed by atoms with van der Waals surface area (Å²) in [5.41, 5.74) is -0.303. The SMILES string of the molecule is COC1/C=C/OC2(C)Oc3c(C)c(O)c4c(O)c(c(/C=N/N5CCCCC5)c(O)c4c3C2=O)NC(=O)C(C)=C/C=C/C(C)C(O)C(C)C(O)C(C)C(OC(C)=O)C1C. The number of fused-ring (bicyclic) bond motifs is 14. The summed E-state index contributed by atoms with van der Waals surface area (Å²) < 4.78 is 23.6. The molecule has 0 radical (unpaired) electrons. The van der Waals surface area contributed by atoms with Crippen LogP contribution >= 0.6 is 0 Å². The number of hydrazone groups is 1. The molecule has 4 aliphatic rings. The van der Waals surface area contributed by atoms with Crippen molar-refractivity contribution in [1.82, 2.24) is 5.01 Å². The number of amides is 1. The van der Waals surface area contributed by atoms with Crippen LogP contribution in [-0.4, -0.2) is 105 Å². The normalized spacial score (nSPS) is 31.2. The Hall–Kier alpha value is -5.12. The highest BCUT2D eigenvalue weighted by molar-refractivity contribution is 6.23. The van der Waals surface area contributed by atoms with Gasteiger partial charge in [-0.2, -0.15) is 5.10 Å². The van der Waals surface area contributed by atoms with Crippen LogP contribution in [0.5, 0.6) is 23.0 Å². The number of aromatic hydroxyl groups is 3. The number of phenols is 3. The number of rotatable bonds is 4. The molecule has 1 saturated heterocycles. The zero-order valence-corrected chi connectivity index (χ0v) is 34.6. The van der Waals surface area contributed by atoms with E-state index in [1.54, 1.807) is 44.9 Å². The summed E-state index contributed by atoms with van der Waals surface area (Å²) in [7, 11) is 1.44. The number of Topliss-reactive ketones (excluding diaryl/α,β-unsaturated/α-hetero) is 1. The van der Waals surface area contributed by atoms with E-state index in [1.807, 2.05) is 0 Å². The number of carbonyl (C=O) groups excluding carboxylic acids is 3. The van der Waals surface area contributed by atoms with E-state index in [0.717, 1.165) is 19.3 Å². The second-order valence-corrected chi connectivity index (χ2v) is 15.9. The molecule has 0 saturated carbocycles. The topological polar surface area (TPSA) is 217 Å². The summed E-state index contributed by atoms with van der Waals surface area (Å²) in [4.78, 5) is 40.4. The predicted octanol–water partition coefficient (Wildman–Crippen LogP) is 5.57. The molecule has 2 aromatic rings. The fraction of sp³-hybridized carbons (Fsp3) is 0.535. The minimum Gasteiger partial charge on any atom is -0.507 e. The van der Waals surface area contributed by atoms with Crippen molar-refractivity contribution in [1.29, 1.82) is 0 Å². The van der Waals surface area contributed by atoms with Crippen LogP contribution in [0, 0.1) is 30.6 Å². The van der Waals surface area contributed by atoms with Gasteiger partial charge in [0.2, 0.25) is 0 Å². The first-order valence-electron chi connectivity index (χ1n) is 19.7. The van der Waals surface area contributed by atoms with E-state index in [9.17, 15) is 39.9 Å². The van der Waals surface area contributed by atoms with Crippen LogP contribution in [0.4, 0.5) is 5.69 Å².